The molecule has 0 aliphatic rings. The van der Waals surface area contributed by atoms with Crippen molar-refractivity contribution in [1.29, 1.82) is 0 Å². The molecular formula is C9H13NOS. The molecule has 12 heavy (non-hydrogen) atoms. The van der Waals surface area contributed by atoms with Crippen molar-refractivity contribution in [3.63, 3.8) is 0 Å². The molecule has 0 bridgehead atoms. The number of nitrogens with two attached hydrogens (primary N) is 1. The third kappa shape index (κ3) is 2.52. The second kappa shape index (κ2) is 4.50. The lowest BCUT2D eigenvalue weighted by Crippen LogP contribution is -2.11. The average Bonchev–Trinajstić information content (AvgIpc) is 2.06. The van der Waals surface area contributed by atoms with Crippen molar-refractivity contribution in [2.45, 2.75) is 17.4 Å². The third-order valence-corrected chi connectivity index (χ3v) is 2.06. The van der Waals surface area contributed by atoms with Crippen LogP contribution in [0, 0.1) is 0 Å². The molecule has 2 nitrogen and oxygen atoms in total. The van der Waals surface area contributed by atoms with Crippen molar-refractivity contribution in [1.82, 2.24) is 0 Å². The minimum absolute atomic E-state index is 0.0658. The Labute approximate surface area is 77.8 Å². The maximum absolute atomic E-state index is 8.66. The molecule has 0 saturated carbocycles. The maximum atomic E-state index is 8.66. The zero-order chi connectivity index (χ0) is 8.97. The lowest BCUT2D eigenvalue weighted by molar-refractivity contribution is 0.276. The Morgan fingerprint density at radius 3 is 2.42 bits per heavy atom. The number of rotatable bonds is 3. The largest absolute Gasteiger partial charge is 0.396 e. The maximum Gasteiger partial charge on any atom is 0.0449 e. The molecule has 0 saturated heterocycles. The Hall–Kier alpha value is -0.510. The van der Waals surface area contributed by atoms with Gasteiger partial charge in [0.2, 0.25) is 0 Å². The first-order valence-electron chi connectivity index (χ1n) is 3.89. The van der Waals surface area contributed by atoms with Gasteiger partial charge in [-0.2, -0.15) is 0 Å². The summed E-state index contributed by atoms with van der Waals surface area (Å²) in [6.45, 7) is 0.129. The van der Waals surface area contributed by atoms with E-state index >= 15 is 0 Å². The second-order valence-corrected chi connectivity index (χ2v) is 3.23. The smallest absolute Gasteiger partial charge is 0.0449 e. The predicted octanol–water partition coefficient (Wildman–Crippen LogP) is 1.36. The monoisotopic (exact) mass is 183 g/mol. The normalized spacial score (nSPS) is 12.9. The van der Waals surface area contributed by atoms with Gasteiger partial charge in [-0.25, -0.2) is 0 Å². The number of aliphatic hydroxyl groups excluding tert-OH is 1. The van der Waals surface area contributed by atoms with Crippen LogP contribution >= 0.6 is 12.6 Å². The van der Waals surface area contributed by atoms with E-state index in [1.54, 1.807) is 0 Å². The highest BCUT2D eigenvalue weighted by atomic mass is 32.1. The Bertz CT molecular complexity index is 235. The van der Waals surface area contributed by atoms with Gasteiger partial charge in [-0.1, -0.05) is 12.1 Å². The number of hydrogen-bond acceptors (Lipinski definition) is 3. The summed E-state index contributed by atoms with van der Waals surface area (Å²) in [5.74, 6) is 0. The number of aliphatic hydroxyl groups is 1. The lowest BCUT2D eigenvalue weighted by Gasteiger charge is -2.09. The summed E-state index contributed by atoms with van der Waals surface area (Å²) >= 11 is 4.16. The number of thiol groups is 1. The van der Waals surface area contributed by atoms with Crippen LogP contribution in [0.4, 0.5) is 0 Å². The molecule has 0 aromatic heterocycles. The van der Waals surface area contributed by atoms with Crippen molar-refractivity contribution in [3.05, 3.63) is 29.8 Å². The first-order valence-corrected chi connectivity index (χ1v) is 4.34. The van der Waals surface area contributed by atoms with E-state index in [1.807, 2.05) is 24.3 Å². The SMILES string of the molecule is NC(CCO)c1ccc(S)cc1. The molecule has 0 radical (unpaired) electrons. The van der Waals surface area contributed by atoms with Crippen molar-refractivity contribution in [2.75, 3.05) is 6.61 Å². The molecule has 0 spiro atoms. The zero-order valence-corrected chi connectivity index (χ0v) is 7.67. The van der Waals surface area contributed by atoms with Gasteiger partial charge in [-0.3, -0.25) is 0 Å². The molecule has 3 N–H and O–H groups in total. The van der Waals surface area contributed by atoms with Crippen LogP contribution in [-0.4, -0.2) is 11.7 Å². The minimum atomic E-state index is -0.0658. The van der Waals surface area contributed by atoms with Crippen LogP contribution < -0.4 is 5.73 Å². The van der Waals surface area contributed by atoms with E-state index < -0.39 is 0 Å². The Balaban J connectivity index is 2.68. The van der Waals surface area contributed by atoms with E-state index in [9.17, 15) is 0 Å². The molecule has 1 unspecified atom stereocenters. The van der Waals surface area contributed by atoms with Gasteiger partial charge in [0.05, 0.1) is 0 Å². The van der Waals surface area contributed by atoms with Crippen LogP contribution in [0.15, 0.2) is 29.2 Å². The van der Waals surface area contributed by atoms with Gasteiger partial charge >= 0.3 is 0 Å². The van der Waals surface area contributed by atoms with Crippen LogP contribution in [0.25, 0.3) is 0 Å². The molecule has 1 rings (SSSR count). The van der Waals surface area contributed by atoms with E-state index in [-0.39, 0.29) is 12.6 Å². The summed E-state index contributed by atoms with van der Waals surface area (Å²) in [5, 5.41) is 8.66. The summed E-state index contributed by atoms with van der Waals surface area (Å²) in [7, 11) is 0. The molecule has 1 aromatic rings. The van der Waals surface area contributed by atoms with Gasteiger partial charge < -0.3 is 10.8 Å². The van der Waals surface area contributed by atoms with E-state index in [0.717, 1.165) is 10.5 Å². The number of benzene rings is 1. The van der Waals surface area contributed by atoms with Crippen LogP contribution in [0.5, 0.6) is 0 Å². The Kier molecular flexibility index (Phi) is 3.59. The third-order valence-electron chi connectivity index (χ3n) is 1.76. The van der Waals surface area contributed by atoms with Crippen LogP contribution in [0.3, 0.4) is 0 Å². The second-order valence-electron chi connectivity index (χ2n) is 2.71. The zero-order valence-electron chi connectivity index (χ0n) is 6.77. The van der Waals surface area contributed by atoms with Gasteiger partial charge in [0, 0.05) is 17.5 Å². The van der Waals surface area contributed by atoms with Gasteiger partial charge in [-0.15, -0.1) is 12.6 Å². The van der Waals surface area contributed by atoms with Gasteiger partial charge in [0.1, 0.15) is 0 Å². The van der Waals surface area contributed by atoms with Gasteiger partial charge in [0.15, 0.2) is 0 Å². The minimum Gasteiger partial charge on any atom is -0.396 e. The summed E-state index contributed by atoms with van der Waals surface area (Å²) in [6.07, 6.45) is 0.603. The molecule has 0 aliphatic heterocycles. The fourth-order valence-corrected chi connectivity index (χ4v) is 1.18. The van der Waals surface area contributed by atoms with E-state index in [1.165, 1.54) is 0 Å². The molecule has 1 atom stereocenters. The topological polar surface area (TPSA) is 46.2 Å². The van der Waals surface area contributed by atoms with Gasteiger partial charge in [0.25, 0.3) is 0 Å². The molecular weight excluding hydrogens is 170 g/mol. The highest BCUT2D eigenvalue weighted by Crippen LogP contribution is 2.15. The van der Waals surface area contributed by atoms with E-state index in [2.05, 4.69) is 12.6 Å². The van der Waals surface area contributed by atoms with Crippen LogP contribution in [-0.2, 0) is 0 Å². The molecule has 66 valence electrons. The Morgan fingerprint density at radius 1 is 1.33 bits per heavy atom. The molecule has 0 fully saturated rings. The van der Waals surface area contributed by atoms with Crippen molar-refractivity contribution >= 4 is 12.6 Å². The molecule has 0 heterocycles. The number of hydrogen-bond donors (Lipinski definition) is 3. The first-order chi connectivity index (χ1) is 5.74. The first kappa shape index (κ1) is 9.58. The molecule has 0 aliphatic carbocycles. The summed E-state index contributed by atoms with van der Waals surface area (Å²) < 4.78 is 0. The lowest BCUT2D eigenvalue weighted by atomic mass is 10.1. The highest BCUT2D eigenvalue weighted by Gasteiger charge is 2.03. The standard InChI is InChI=1S/C9H13NOS/c10-9(5-6-11)7-1-3-8(12)4-2-7/h1-4,9,11-12H,5-6,10H2. The van der Waals surface area contributed by atoms with E-state index in [4.69, 9.17) is 10.8 Å². The Morgan fingerprint density at radius 2 is 1.92 bits per heavy atom. The van der Waals surface area contributed by atoms with Crippen LogP contribution in [0.1, 0.15) is 18.0 Å². The van der Waals surface area contributed by atoms with Crippen LogP contribution in [0.2, 0.25) is 0 Å². The predicted molar refractivity (Wildman–Crippen MR) is 52.3 cm³/mol. The molecule has 1 aromatic carbocycles. The van der Waals surface area contributed by atoms with Crippen molar-refractivity contribution in [3.8, 4) is 0 Å². The van der Waals surface area contributed by atoms with E-state index in [0.29, 0.717) is 6.42 Å². The van der Waals surface area contributed by atoms with Crippen molar-refractivity contribution in [2.24, 2.45) is 5.73 Å². The highest BCUT2D eigenvalue weighted by molar-refractivity contribution is 7.80. The average molecular weight is 183 g/mol. The van der Waals surface area contributed by atoms with Crippen molar-refractivity contribution < 1.29 is 5.11 Å². The summed E-state index contributed by atoms with van der Waals surface area (Å²) in [5.41, 5.74) is 6.81. The molecule has 3 heteroatoms. The summed E-state index contributed by atoms with van der Waals surface area (Å²) in [6, 6.07) is 7.60. The fourth-order valence-electron chi connectivity index (χ4n) is 1.03. The summed E-state index contributed by atoms with van der Waals surface area (Å²) in [4.78, 5) is 0.926. The fraction of sp³-hybridized carbons (Fsp3) is 0.333. The quantitative estimate of drug-likeness (QED) is 0.620. The molecule has 0 amide bonds. The van der Waals surface area contributed by atoms with Gasteiger partial charge in [-0.05, 0) is 24.1 Å².